The van der Waals surface area contributed by atoms with E-state index in [-0.39, 0.29) is 6.61 Å². The van der Waals surface area contributed by atoms with E-state index in [0.29, 0.717) is 11.3 Å². The van der Waals surface area contributed by atoms with E-state index in [1.807, 2.05) is 11.8 Å². The van der Waals surface area contributed by atoms with Gasteiger partial charge in [0.1, 0.15) is 0 Å². The first kappa shape index (κ1) is 9.53. The van der Waals surface area contributed by atoms with Gasteiger partial charge >= 0.3 is 0 Å². The Morgan fingerprint density at radius 3 is 2.69 bits per heavy atom. The molecule has 0 saturated heterocycles. The minimum atomic E-state index is 0.269. The number of thioether (sulfide) groups is 1. The van der Waals surface area contributed by atoms with Crippen molar-refractivity contribution in [2.45, 2.75) is 43.9 Å². The molecule has 2 aliphatic rings. The van der Waals surface area contributed by atoms with Gasteiger partial charge in [0.2, 0.25) is 0 Å². The smallest absolute Gasteiger partial charge is 0.0714 e. The Morgan fingerprint density at radius 2 is 2.15 bits per heavy atom. The summed E-state index contributed by atoms with van der Waals surface area (Å²) in [6, 6.07) is 0.325. The van der Waals surface area contributed by atoms with Crippen LogP contribution in [0.5, 0.6) is 0 Å². The molecular formula is C10H17NOS. The highest BCUT2D eigenvalue weighted by atomic mass is 32.2. The first-order valence-corrected chi connectivity index (χ1v) is 6.04. The van der Waals surface area contributed by atoms with Crippen LogP contribution in [0.1, 0.15) is 32.6 Å². The van der Waals surface area contributed by atoms with Crippen LogP contribution in [-0.4, -0.2) is 28.0 Å². The van der Waals surface area contributed by atoms with Gasteiger partial charge in [-0.05, 0) is 19.8 Å². The lowest BCUT2D eigenvalue weighted by molar-refractivity contribution is 0.287. The standard InChI is InChI=1S/C10H17NOS/c1-7-9(6-12)13-10(11-7)8-4-2-3-5-8/h7-9,12H,2-6H2,1H3. The molecule has 1 aliphatic carbocycles. The Kier molecular flexibility index (Phi) is 2.94. The van der Waals surface area contributed by atoms with Gasteiger partial charge in [-0.3, -0.25) is 4.99 Å². The minimum Gasteiger partial charge on any atom is -0.395 e. The summed E-state index contributed by atoms with van der Waals surface area (Å²) in [5.41, 5.74) is 0. The van der Waals surface area contributed by atoms with E-state index in [0.717, 1.165) is 5.92 Å². The summed E-state index contributed by atoms with van der Waals surface area (Å²) in [5.74, 6) is 0.726. The van der Waals surface area contributed by atoms with Gasteiger partial charge in [0.05, 0.1) is 22.9 Å². The quantitative estimate of drug-likeness (QED) is 0.738. The van der Waals surface area contributed by atoms with Crippen molar-refractivity contribution in [2.24, 2.45) is 10.9 Å². The Bertz CT molecular complexity index is 211. The Hall–Kier alpha value is -0.0200. The van der Waals surface area contributed by atoms with E-state index in [1.54, 1.807) is 0 Å². The van der Waals surface area contributed by atoms with Gasteiger partial charge in [-0.2, -0.15) is 0 Å². The fraction of sp³-hybridized carbons (Fsp3) is 0.900. The van der Waals surface area contributed by atoms with Crippen LogP contribution >= 0.6 is 11.8 Å². The highest BCUT2D eigenvalue weighted by Gasteiger charge is 2.31. The topological polar surface area (TPSA) is 32.6 Å². The number of hydrogen-bond donors (Lipinski definition) is 1. The normalized spacial score (nSPS) is 35.4. The van der Waals surface area contributed by atoms with E-state index in [9.17, 15) is 0 Å². The fourth-order valence-corrected chi connectivity index (χ4v) is 3.43. The van der Waals surface area contributed by atoms with Crippen LogP contribution in [0.4, 0.5) is 0 Å². The number of rotatable bonds is 2. The van der Waals surface area contributed by atoms with Gasteiger partial charge in [-0.15, -0.1) is 11.8 Å². The average Bonchev–Trinajstić information content (AvgIpc) is 2.71. The van der Waals surface area contributed by atoms with Crippen molar-refractivity contribution in [3.8, 4) is 0 Å². The van der Waals surface area contributed by atoms with Gasteiger partial charge in [-0.1, -0.05) is 12.8 Å². The van der Waals surface area contributed by atoms with Crippen molar-refractivity contribution in [2.75, 3.05) is 6.61 Å². The molecule has 3 heteroatoms. The maximum Gasteiger partial charge on any atom is 0.0714 e. The highest BCUT2D eigenvalue weighted by Crippen LogP contribution is 2.37. The summed E-state index contributed by atoms with van der Waals surface area (Å²) >= 11 is 1.82. The first-order valence-electron chi connectivity index (χ1n) is 5.16. The van der Waals surface area contributed by atoms with Gasteiger partial charge < -0.3 is 5.11 Å². The van der Waals surface area contributed by atoms with Crippen molar-refractivity contribution in [3.63, 3.8) is 0 Å². The third kappa shape index (κ3) is 1.91. The molecule has 0 amide bonds. The van der Waals surface area contributed by atoms with E-state index in [2.05, 4.69) is 11.9 Å². The summed E-state index contributed by atoms with van der Waals surface area (Å²) in [5, 5.41) is 10.8. The van der Waals surface area contributed by atoms with E-state index in [1.165, 1.54) is 30.7 Å². The molecule has 0 bridgehead atoms. The molecular weight excluding hydrogens is 182 g/mol. The summed E-state index contributed by atoms with van der Waals surface area (Å²) in [4.78, 5) is 4.64. The zero-order valence-electron chi connectivity index (χ0n) is 8.07. The minimum absolute atomic E-state index is 0.269. The van der Waals surface area contributed by atoms with Crippen molar-refractivity contribution < 1.29 is 5.11 Å². The summed E-state index contributed by atoms with van der Waals surface area (Å²) in [7, 11) is 0. The predicted octanol–water partition coefficient (Wildman–Crippen LogP) is 2.07. The molecule has 1 aliphatic heterocycles. The molecule has 74 valence electrons. The summed E-state index contributed by atoms with van der Waals surface area (Å²) in [6.45, 7) is 2.38. The van der Waals surface area contributed by atoms with Crippen molar-refractivity contribution in [1.82, 2.24) is 0 Å². The van der Waals surface area contributed by atoms with Crippen LogP contribution in [0.2, 0.25) is 0 Å². The van der Waals surface area contributed by atoms with Crippen molar-refractivity contribution >= 4 is 16.8 Å². The Labute approximate surface area is 83.8 Å². The number of aliphatic hydroxyl groups excluding tert-OH is 1. The molecule has 1 saturated carbocycles. The maximum absolute atomic E-state index is 9.10. The van der Waals surface area contributed by atoms with Crippen LogP contribution in [0, 0.1) is 5.92 Å². The van der Waals surface area contributed by atoms with Crippen molar-refractivity contribution in [1.29, 1.82) is 0 Å². The zero-order chi connectivity index (χ0) is 9.26. The number of nitrogens with zero attached hydrogens (tertiary/aromatic N) is 1. The van der Waals surface area contributed by atoms with Crippen LogP contribution in [-0.2, 0) is 0 Å². The Balaban J connectivity index is 1.97. The molecule has 1 fully saturated rings. The second-order valence-corrected chi connectivity index (χ2v) is 5.29. The molecule has 0 aromatic carbocycles. The van der Waals surface area contributed by atoms with Crippen molar-refractivity contribution in [3.05, 3.63) is 0 Å². The van der Waals surface area contributed by atoms with Crippen LogP contribution in [0.3, 0.4) is 0 Å². The van der Waals surface area contributed by atoms with Gasteiger partial charge in [0.15, 0.2) is 0 Å². The van der Waals surface area contributed by atoms with E-state index >= 15 is 0 Å². The number of aliphatic imine (C=N–C) groups is 1. The van der Waals surface area contributed by atoms with Gasteiger partial charge in [0, 0.05) is 5.92 Å². The largest absolute Gasteiger partial charge is 0.395 e. The molecule has 0 aromatic rings. The number of hydrogen-bond acceptors (Lipinski definition) is 3. The lowest BCUT2D eigenvalue weighted by atomic mass is 10.1. The van der Waals surface area contributed by atoms with Crippen LogP contribution < -0.4 is 0 Å². The third-order valence-electron chi connectivity index (χ3n) is 3.03. The molecule has 2 atom stereocenters. The molecule has 2 unspecified atom stereocenters. The molecule has 0 aromatic heterocycles. The maximum atomic E-state index is 9.10. The van der Waals surface area contributed by atoms with Crippen LogP contribution in [0.15, 0.2) is 4.99 Å². The lowest BCUT2D eigenvalue weighted by Crippen LogP contribution is -2.17. The summed E-state index contributed by atoms with van der Waals surface area (Å²) in [6.07, 6.45) is 5.36. The van der Waals surface area contributed by atoms with Gasteiger partial charge in [0.25, 0.3) is 0 Å². The SMILES string of the molecule is CC1N=C(C2CCCC2)SC1CO. The molecule has 0 radical (unpaired) electrons. The first-order chi connectivity index (χ1) is 6.31. The van der Waals surface area contributed by atoms with Crippen LogP contribution in [0.25, 0.3) is 0 Å². The highest BCUT2D eigenvalue weighted by molar-refractivity contribution is 8.14. The molecule has 1 heterocycles. The number of aliphatic hydroxyl groups is 1. The third-order valence-corrected chi connectivity index (χ3v) is 4.55. The fourth-order valence-electron chi connectivity index (χ4n) is 2.13. The predicted molar refractivity (Wildman–Crippen MR) is 57.3 cm³/mol. The zero-order valence-corrected chi connectivity index (χ0v) is 8.89. The lowest BCUT2D eigenvalue weighted by Gasteiger charge is -2.10. The average molecular weight is 199 g/mol. The molecule has 2 nitrogen and oxygen atoms in total. The van der Waals surface area contributed by atoms with E-state index < -0.39 is 0 Å². The Morgan fingerprint density at radius 1 is 1.46 bits per heavy atom. The molecule has 0 spiro atoms. The molecule has 1 N–H and O–H groups in total. The van der Waals surface area contributed by atoms with E-state index in [4.69, 9.17) is 5.11 Å². The monoisotopic (exact) mass is 199 g/mol. The second-order valence-electron chi connectivity index (χ2n) is 4.03. The molecule has 13 heavy (non-hydrogen) atoms. The second kappa shape index (κ2) is 4.01. The molecule has 2 rings (SSSR count). The summed E-state index contributed by atoms with van der Waals surface area (Å²) < 4.78 is 0. The van der Waals surface area contributed by atoms with Gasteiger partial charge in [-0.25, -0.2) is 0 Å².